The van der Waals surface area contributed by atoms with Crippen molar-refractivity contribution in [3.05, 3.63) is 83.1 Å². The monoisotopic (exact) mass is 508 g/mol. The van der Waals surface area contributed by atoms with E-state index in [1.54, 1.807) is 12.4 Å². The highest BCUT2D eigenvalue weighted by Gasteiger charge is 2.35. The third-order valence-electron chi connectivity index (χ3n) is 6.78. The summed E-state index contributed by atoms with van der Waals surface area (Å²) < 4.78 is 48.8. The van der Waals surface area contributed by atoms with Crippen LogP contribution in [0, 0.1) is 34.7 Å². The second kappa shape index (κ2) is 11.6. The van der Waals surface area contributed by atoms with Crippen LogP contribution < -0.4 is 5.73 Å². The molecule has 1 saturated carbocycles. The molecule has 0 saturated heterocycles. The molecule has 2 N–H and O–H groups in total. The number of nitrogens with zero attached hydrogens (tertiary/aromatic N) is 3. The van der Waals surface area contributed by atoms with Crippen LogP contribution in [0.2, 0.25) is 0 Å². The molecule has 9 heteroatoms. The predicted octanol–water partition coefficient (Wildman–Crippen LogP) is 5.13. The molecule has 6 nitrogen and oxygen atoms in total. The van der Waals surface area contributed by atoms with Crippen molar-refractivity contribution in [3.8, 4) is 17.3 Å². The van der Waals surface area contributed by atoms with Gasteiger partial charge in [0.15, 0.2) is 5.78 Å². The predicted molar refractivity (Wildman–Crippen MR) is 131 cm³/mol. The summed E-state index contributed by atoms with van der Waals surface area (Å²) in [4.78, 5) is 21.3. The summed E-state index contributed by atoms with van der Waals surface area (Å²) in [6, 6.07) is 9.06. The molecule has 37 heavy (non-hydrogen) atoms. The zero-order valence-electron chi connectivity index (χ0n) is 20.3. The van der Waals surface area contributed by atoms with E-state index in [9.17, 15) is 18.0 Å². The molecule has 2 aromatic heterocycles. The quantitative estimate of drug-likeness (QED) is 0.335. The molecule has 0 aliphatic heterocycles. The van der Waals surface area contributed by atoms with Crippen molar-refractivity contribution in [2.75, 3.05) is 6.61 Å². The molecule has 4 atom stereocenters. The normalized spacial score (nSPS) is 21.4. The fraction of sp³-hybridized carbons (Fsp3) is 0.357. The molecular weight excluding hydrogens is 481 g/mol. The highest BCUT2D eigenvalue weighted by molar-refractivity contribution is 5.96. The Morgan fingerprint density at radius 2 is 1.89 bits per heavy atom. The number of aromatic nitrogens is 2. The second-order valence-corrected chi connectivity index (χ2v) is 9.35. The summed E-state index contributed by atoms with van der Waals surface area (Å²) in [6.45, 7) is 2.39. The Morgan fingerprint density at radius 3 is 2.59 bits per heavy atom. The van der Waals surface area contributed by atoms with Gasteiger partial charge in [0.05, 0.1) is 30.8 Å². The van der Waals surface area contributed by atoms with E-state index in [1.807, 2.05) is 6.07 Å². The van der Waals surface area contributed by atoms with Crippen molar-refractivity contribution in [2.45, 2.75) is 50.7 Å². The van der Waals surface area contributed by atoms with E-state index < -0.39 is 34.5 Å². The SMILES string of the molecule is C[C@H]1C[C@@H](c2ccncc2CC(=O)c2ccc(F)c(-c3c(F)cccc3F)n2)C[C@@H](N)[C@H]1OCCC#N. The van der Waals surface area contributed by atoms with Crippen LogP contribution in [0.3, 0.4) is 0 Å². The van der Waals surface area contributed by atoms with Gasteiger partial charge >= 0.3 is 0 Å². The fourth-order valence-electron chi connectivity index (χ4n) is 5.09. The van der Waals surface area contributed by atoms with Crippen LogP contribution in [0.1, 0.15) is 53.7 Å². The minimum Gasteiger partial charge on any atom is -0.375 e. The van der Waals surface area contributed by atoms with E-state index >= 15 is 0 Å². The zero-order valence-corrected chi connectivity index (χ0v) is 20.3. The number of pyridine rings is 2. The third-order valence-corrected chi connectivity index (χ3v) is 6.78. The molecule has 1 fully saturated rings. The Kier molecular flexibility index (Phi) is 8.31. The first kappa shape index (κ1) is 26.5. The lowest BCUT2D eigenvalue weighted by atomic mass is 9.73. The zero-order chi connectivity index (χ0) is 26.5. The lowest BCUT2D eigenvalue weighted by Crippen LogP contribution is -2.46. The molecule has 1 aromatic carbocycles. The van der Waals surface area contributed by atoms with Gasteiger partial charge in [0.25, 0.3) is 0 Å². The van der Waals surface area contributed by atoms with E-state index in [0.29, 0.717) is 25.0 Å². The number of nitrogens with two attached hydrogens (primary N) is 1. The Labute approximate surface area is 213 Å². The van der Waals surface area contributed by atoms with Crippen LogP contribution in [0.4, 0.5) is 13.2 Å². The number of ether oxygens (including phenoxy) is 1. The second-order valence-electron chi connectivity index (χ2n) is 9.35. The van der Waals surface area contributed by atoms with Crippen molar-refractivity contribution in [3.63, 3.8) is 0 Å². The summed E-state index contributed by atoms with van der Waals surface area (Å²) in [7, 11) is 0. The summed E-state index contributed by atoms with van der Waals surface area (Å²) in [5.74, 6) is -3.10. The molecule has 0 spiro atoms. The molecule has 192 valence electrons. The van der Waals surface area contributed by atoms with Gasteiger partial charge in [-0.05, 0) is 66.1 Å². The van der Waals surface area contributed by atoms with Gasteiger partial charge in [-0.1, -0.05) is 13.0 Å². The molecule has 0 unspecified atom stereocenters. The lowest BCUT2D eigenvalue weighted by Gasteiger charge is -2.39. The Bertz CT molecular complexity index is 1290. The number of carbonyl (C=O) groups is 1. The Balaban J connectivity index is 1.55. The number of hydrogen-bond acceptors (Lipinski definition) is 6. The Hall–Kier alpha value is -3.61. The van der Waals surface area contributed by atoms with Gasteiger partial charge in [0.2, 0.25) is 0 Å². The number of ketones is 1. The smallest absolute Gasteiger partial charge is 0.185 e. The van der Waals surface area contributed by atoms with Crippen molar-refractivity contribution in [2.24, 2.45) is 11.7 Å². The molecule has 3 aromatic rings. The first-order valence-electron chi connectivity index (χ1n) is 12.1. The number of carbonyl (C=O) groups excluding carboxylic acids is 1. The lowest BCUT2D eigenvalue weighted by molar-refractivity contribution is -0.0199. The summed E-state index contributed by atoms with van der Waals surface area (Å²) in [6.07, 6.45) is 4.77. The number of halogens is 3. The maximum absolute atomic E-state index is 14.5. The van der Waals surface area contributed by atoms with Crippen molar-refractivity contribution in [1.29, 1.82) is 5.26 Å². The van der Waals surface area contributed by atoms with Crippen molar-refractivity contribution < 1.29 is 22.7 Å². The Morgan fingerprint density at radius 1 is 1.14 bits per heavy atom. The average Bonchev–Trinajstić information content (AvgIpc) is 2.87. The van der Waals surface area contributed by atoms with Crippen LogP contribution in [0.25, 0.3) is 11.3 Å². The minimum absolute atomic E-state index is 0.0656. The molecule has 0 bridgehead atoms. The van der Waals surface area contributed by atoms with E-state index in [-0.39, 0.29) is 36.1 Å². The third kappa shape index (κ3) is 5.87. The van der Waals surface area contributed by atoms with Gasteiger partial charge in [0, 0.05) is 24.9 Å². The number of benzene rings is 1. The first-order valence-corrected chi connectivity index (χ1v) is 12.1. The van der Waals surface area contributed by atoms with Crippen molar-refractivity contribution >= 4 is 5.78 Å². The molecule has 0 radical (unpaired) electrons. The topological polar surface area (TPSA) is 102 Å². The van der Waals surface area contributed by atoms with Gasteiger partial charge in [-0.2, -0.15) is 5.26 Å². The molecule has 0 amide bonds. The number of rotatable bonds is 8. The van der Waals surface area contributed by atoms with Crippen molar-refractivity contribution in [1.82, 2.24) is 9.97 Å². The number of Topliss-reactive ketones (excluding diaryl/α,β-unsaturated/α-hetero) is 1. The highest BCUT2D eigenvalue weighted by Crippen LogP contribution is 2.38. The van der Waals surface area contributed by atoms with Gasteiger partial charge in [-0.25, -0.2) is 18.2 Å². The molecule has 1 aliphatic rings. The van der Waals surface area contributed by atoms with Crippen LogP contribution in [0.15, 0.2) is 48.8 Å². The number of hydrogen-bond donors (Lipinski definition) is 1. The maximum Gasteiger partial charge on any atom is 0.185 e. The molecular formula is C28H27F3N4O2. The largest absolute Gasteiger partial charge is 0.375 e. The van der Waals surface area contributed by atoms with E-state index in [1.165, 1.54) is 12.1 Å². The van der Waals surface area contributed by atoms with Gasteiger partial charge in [0.1, 0.15) is 28.8 Å². The number of nitriles is 1. The van der Waals surface area contributed by atoms with Crippen LogP contribution in [-0.4, -0.2) is 34.5 Å². The fourth-order valence-corrected chi connectivity index (χ4v) is 5.09. The van der Waals surface area contributed by atoms with E-state index in [0.717, 1.165) is 30.2 Å². The molecule has 1 aliphatic carbocycles. The van der Waals surface area contributed by atoms with E-state index in [4.69, 9.17) is 15.7 Å². The summed E-state index contributed by atoms with van der Waals surface area (Å²) in [5, 5.41) is 8.76. The van der Waals surface area contributed by atoms with Gasteiger partial charge in [-0.3, -0.25) is 9.78 Å². The van der Waals surface area contributed by atoms with Crippen LogP contribution in [0.5, 0.6) is 0 Å². The highest BCUT2D eigenvalue weighted by atomic mass is 19.1. The van der Waals surface area contributed by atoms with Crippen LogP contribution >= 0.6 is 0 Å². The summed E-state index contributed by atoms with van der Waals surface area (Å²) >= 11 is 0. The van der Waals surface area contributed by atoms with Crippen LogP contribution in [-0.2, 0) is 11.2 Å². The standard InChI is InChI=1S/C28H27F3N4O2/c1-16-12-17(13-23(33)28(16)37-11-3-9-32)19-8-10-34-15-18(19)14-25(36)24-7-6-22(31)27(35-24)26-20(29)4-2-5-21(26)30/h2,4-8,10,15-17,23,28H,3,11-14,33H2,1H3/t16-,17+,23+,28-/m0/s1. The van der Waals surface area contributed by atoms with Gasteiger partial charge < -0.3 is 10.5 Å². The van der Waals surface area contributed by atoms with E-state index in [2.05, 4.69) is 23.0 Å². The maximum atomic E-state index is 14.5. The summed E-state index contributed by atoms with van der Waals surface area (Å²) in [5.41, 5.74) is 6.78. The van der Waals surface area contributed by atoms with Gasteiger partial charge in [-0.15, -0.1) is 0 Å². The average molecular weight is 509 g/mol. The first-order chi connectivity index (χ1) is 17.8. The molecule has 2 heterocycles. The minimum atomic E-state index is -0.969. The molecule has 4 rings (SSSR count).